The summed E-state index contributed by atoms with van der Waals surface area (Å²) in [5.41, 5.74) is 2.13. The zero-order chi connectivity index (χ0) is 12.5. The summed E-state index contributed by atoms with van der Waals surface area (Å²) in [6.07, 6.45) is 1.68. The number of benzene rings is 1. The van der Waals surface area contributed by atoms with Crippen molar-refractivity contribution in [2.75, 3.05) is 11.9 Å². The summed E-state index contributed by atoms with van der Waals surface area (Å²) in [6, 6.07) is 5.65. The van der Waals surface area contributed by atoms with Gasteiger partial charge in [-0.2, -0.15) is 0 Å². The van der Waals surface area contributed by atoms with Crippen LogP contribution in [0.15, 0.2) is 23.1 Å². The van der Waals surface area contributed by atoms with Crippen LogP contribution in [0.2, 0.25) is 0 Å². The average Bonchev–Trinajstić information content (AvgIpc) is 2.65. The van der Waals surface area contributed by atoms with Crippen LogP contribution in [0.4, 0.5) is 5.69 Å². The first-order chi connectivity index (χ1) is 8.03. The zero-order valence-electron chi connectivity index (χ0n) is 10.2. The number of nitrogens with one attached hydrogen (secondary N) is 2. The monoisotopic (exact) mass is 254 g/mol. The topological polar surface area (TPSA) is 58.2 Å². The fraction of sp³-hybridized carbons (Fsp3) is 0.500. The predicted octanol–water partition coefficient (Wildman–Crippen LogP) is 1.73. The Labute approximate surface area is 102 Å². The van der Waals surface area contributed by atoms with Crippen LogP contribution in [0.5, 0.6) is 0 Å². The first kappa shape index (κ1) is 12.4. The molecule has 0 aromatic heterocycles. The van der Waals surface area contributed by atoms with Crippen molar-refractivity contribution in [1.29, 1.82) is 0 Å². The average molecular weight is 254 g/mol. The zero-order valence-corrected chi connectivity index (χ0v) is 11.0. The van der Waals surface area contributed by atoms with Crippen LogP contribution in [0.25, 0.3) is 0 Å². The molecule has 94 valence electrons. The number of hydrogen-bond acceptors (Lipinski definition) is 3. The van der Waals surface area contributed by atoms with E-state index >= 15 is 0 Å². The van der Waals surface area contributed by atoms with E-state index in [9.17, 15) is 8.42 Å². The number of anilines is 1. The predicted molar refractivity (Wildman–Crippen MR) is 68.7 cm³/mol. The second kappa shape index (κ2) is 4.66. The molecule has 0 saturated heterocycles. The lowest BCUT2D eigenvalue weighted by Gasteiger charge is -2.07. The lowest BCUT2D eigenvalue weighted by atomic mass is 10.1. The highest BCUT2D eigenvalue weighted by Crippen LogP contribution is 2.27. The van der Waals surface area contributed by atoms with Crippen LogP contribution in [-0.4, -0.2) is 21.0 Å². The van der Waals surface area contributed by atoms with Gasteiger partial charge in [0, 0.05) is 18.3 Å². The Morgan fingerprint density at radius 2 is 2.24 bits per heavy atom. The lowest BCUT2D eigenvalue weighted by molar-refractivity contribution is 0.580. The molecule has 1 aromatic carbocycles. The number of hydrogen-bond donors (Lipinski definition) is 2. The van der Waals surface area contributed by atoms with Gasteiger partial charge in [0.05, 0.1) is 4.90 Å². The lowest BCUT2D eigenvalue weighted by Crippen LogP contribution is -2.24. The van der Waals surface area contributed by atoms with Gasteiger partial charge >= 0.3 is 0 Å². The van der Waals surface area contributed by atoms with E-state index in [1.807, 2.05) is 13.0 Å². The van der Waals surface area contributed by atoms with Crippen molar-refractivity contribution in [1.82, 2.24) is 4.72 Å². The van der Waals surface area contributed by atoms with Crippen LogP contribution in [0, 0.1) is 0 Å². The summed E-state index contributed by atoms with van der Waals surface area (Å²) in [5, 5.41) is 3.30. The van der Waals surface area contributed by atoms with E-state index in [4.69, 9.17) is 0 Å². The van der Waals surface area contributed by atoms with Crippen LogP contribution >= 0.6 is 0 Å². The van der Waals surface area contributed by atoms with E-state index in [1.54, 1.807) is 12.1 Å². The van der Waals surface area contributed by atoms with Crippen molar-refractivity contribution in [2.45, 2.75) is 37.6 Å². The van der Waals surface area contributed by atoms with E-state index < -0.39 is 10.0 Å². The molecular weight excluding hydrogens is 236 g/mol. The summed E-state index contributed by atoms with van der Waals surface area (Å²) in [6.45, 7) is 4.51. The van der Waals surface area contributed by atoms with Crippen LogP contribution in [0.3, 0.4) is 0 Å². The minimum absolute atomic E-state index is 0.362. The van der Waals surface area contributed by atoms with Crippen LogP contribution in [-0.2, 0) is 16.4 Å². The maximum atomic E-state index is 11.9. The van der Waals surface area contributed by atoms with Gasteiger partial charge in [-0.1, -0.05) is 6.92 Å². The molecule has 2 rings (SSSR count). The third-order valence-corrected chi connectivity index (χ3v) is 4.32. The molecular formula is C12H18N2O2S. The van der Waals surface area contributed by atoms with Gasteiger partial charge in [-0.15, -0.1) is 0 Å². The molecule has 0 spiro atoms. The summed E-state index contributed by atoms with van der Waals surface area (Å²) in [5.74, 6) is 0. The SMILES string of the molecule is CCCNS(=O)(=O)c1ccc2c(c1)C[C@@H](C)N2. The Hall–Kier alpha value is -1.07. The van der Waals surface area contributed by atoms with E-state index in [0.29, 0.717) is 17.5 Å². The Morgan fingerprint density at radius 3 is 2.94 bits per heavy atom. The van der Waals surface area contributed by atoms with Gasteiger partial charge in [0.2, 0.25) is 10.0 Å². The molecule has 0 aliphatic carbocycles. The van der Waals surface area contributed by atoms with Crippen molar-refractivity contribution in [3.63, 3.8) is 0 Å². The van der Waals surface area contributed by atoms with E-state index in [1.165, 1.54) is 0 Å². The number of rotatable bonds is 4. The third-order valence-electron chi connectivity index (χ3n) is 2.86. The first-order valence-corrected chi connectivity index (χ1v) is 7.40. The summed E-state index contributed by atoms with van der Waals surface area (Å²) >= 11 is 0. The highest BCUT2D eigenvalue weighted by atomic mass is 32.2. The summed E-state index contributed by atoms with van der Waals surface area (Å²) in [7, 11) is -3.34. The van der Waals surface area contributed by atoms with Crippen LogP contribution < -0.4 is 10.0 Å². The molecule has 0 bridgehead atoms. The summed E-state index contributed by atoms with van der Waals surface area (Å²) < 4.78 is 26.5. The molecule has 1 aliphatic rings. The first-order valence-electron chi connectivity index (χ1n) is 5.92. The molecule has 4 nitrogen and oxygen atoms in total. The minimum atomic E-state index is -3.34. The Morgan fingerprint density at radius 1 is 1.47 bits per heavy atom. The normalized spacial score (nSPS) is 18.8. The maximum absolute atomic E-state index is 11.9. The fourth-order valence-corrected chi connectivity index (χ4v) is 3.20. The van der Waals surface area contributed by atoms with Crippen molar-refractivity contribution >= 4 is 15.7 Å². The number of sulfonamides is 1. The fourth-order valence-electron chi connectivity index (χ4n) is 2.01. The van der Waals surface area contributed by atoms with E-state index in [0.717, 1.165) is 24.1 Å². The molecule has 0 fully saturated rings. The maximum Gasteiger partial charge on any atom is 0.240 e. The molecule has 17 heavy (non-hydrogen) atoms. The van der Waals surface area contributed by atoms with E-state index in [-0.39, 0.29) is 0 Å². The molecule has 0 saturated carbocycles. The van der Waals surface area contributed by atoms with Crippen LogP contribution in [0.1, 0.15) is 25.8 Å². The highest BCUT2D eigenvalue weighted by molar-refractivity contribution is 7.89. The highest BCUT2D eigenvalue weighted by Gasteiger charge is 2.20. The Bertz CT molecular complexity index is 511. The van der Waals surface area contributed by atoms with Gasteiger partial charge in [0.25, 0.3) is 0 Å². The van der Waals surface area contributed by atoms with Crippen molar-refractivity contribution < 1.29 is 8.42 Å². The molecule has 5 heteroatoms. The van der Waals surface area contributed by atoms with Crippen molar-refractivity contribution in [2.24, 2.45) is 0 Å². The second-order valence-corrected chi connectivity index (χ2v) is 6.23. The van der Waals surface area contributed by atoms with Crippen molar-refractivity contribution in [3.8, 4) is 0 Å². The molecule has 0 unspecified atom stereocenters. The molecule has 0 radical (unpaired) electrons. The molecule has 1 heterocycles. The van der Waals surface area contributed by atoms with E-state index in [2.05, 4.69) is 17.0 Å². The summed E-state index contributed by atoms with van der Waals surface area (Å²) in [4.78, 5) is 0.362. The molecule has 0 amide bonds. The van der Waals surface area contributed by atoms with Gasteiger partial charge in [-0.05, 0) is 43.5 Å². The largest absolute Gasteiger partial charge is 0.382 e. The molecule has 1 aliphatic heterocycles. The third kappa shape index (κ3) is 2.61. The van der Waals surface area contributed by atoms with Gasteiger partial charge in [-0.3, -0.25) is 0 Å². The number of fused-ring (bicyclic) bond motifs is 1. The van der Waals surface area contributed by atoms with Crippen molar-refractivity contribution in [3.05, 3.63) is 23.8 Å². The standard InChI is InChI=1S/C12H18N2O2S/c1-3-6-13-17(15,16)11-4-5-12-10(8-11)7-9(2)14-12/h4-5,8-9,13-14H,3,6-7H2,1-2H3/t9-/m1/s1. The second-order valence-electron chi connectivity index (χ2n) is 4.47. The van der Waals surface area contributed by atoms with Gasteiger partial charge in [0.15, 0.2) is 0 Å². The van der Waals surface area contributed by atoms with Gasteiger partial charge < -0.3 is 5.32 Å². The van der Waals surface area contributed by atoms with Gasteiger partial charge in [0.1, 0.15) is 0 Å². The smallest absolute Gasteiger partial charge is 0.240 e. The molecule has 2 N–H and O–H groups in total. The van der Waals surface area contributed by atoms with Gasteiger partial charge in [-0.25, -0.2) is 13.1 Å². The quantitative estimate of drug-likeness (QED) is 0.860. The molecule has 1 aromatic rings. The Balaban J connectivity index is 2.27. The minimum Gasteiger partial charge on any atom is -0.382 e. The Kier molecular flexibility index (Phi) is 3.40. The molecule has 1 atom stereocenters.